The SMILES string of the molecule is COc1cccc2c1[n+]([O-])c1cccc(OC(=O)COCC(O)CO)c1[n+]2[O-].COc1cccc2c1[n+]([O-])c1cccc(OC(=O)COCC3COC(C)(C)O3)c1[n+]2[O-]. The summed E-state index contributed by atoms with van der Waals surface area (Å²) >= 11 is 0. The maximum atomic E-state index is 13.0. The Kier molecular flexibility index (Phi) is 12.9. The fourth-order valence-corrected chi connectivity index (χ4v) is 6.25. The van der Waals surface area contributed by atoms with Gasteiger partial charge in [-0.25, -0.2) is 9.59 Å². The van der Waals surface area contributed by atoms with Crippen LogP contribution in [0.2, 0.25) is 0 Å². The summed E-state index contributed by atoms with van der Waals surface area (Å²) in [6, 6.07) is 18.0. The second kappa shape index (κ2) is 18.0. The number of aliphatic hydroxyl groups excluding tert-OH is 2. The number of hydrogen-bond donors (Lipinski definition) is 2. The second-order valence-electron chi connectivity index (χ2n) is 13.3. The zero-order chi connectivity index (χ0) is 42.4. The summed E-state index contributed by atoms with van der Waals surface area (Å²) in [5, 5.41) is 69.5. The first-order valence-corrected chi connectivity index (χ1v) is 17.9. The smallest absolute Gasteiger partial charge is 0.337 e. The summed E-state index contributed by atoms with van der Waals surface area (Å²) in [5.74, 6) is -1.89. The van der Waals surface area contributed by atoms with Crippen molar-refractivity contribution in [2.24, 2.45) is 0 Å². The van der Waals surface area contributed by atoms with Gasteiger partial charge in [-0.05, 0) is 38.1 Å². The number of carbonyl (C=O) groups excluding carboxylic acids is 2. The fourth-order valence-electron chi connectivity index (χ4n) is 6.25. The molecule has 2 N–H and O–H groups in total. The number of hydrogen-bond acceptors (Lipinski definition) is 16. The highest BCUT2D eigenvalue weighted by molar-refractivity contribution is 5.87. The Morgan fingerprint density at radius 2 is 1.08 bits per heavy atom. The molecule has 4 aromatic carbocycles. The average Bonchev–Trinajstić information content (AvgIpc) is 3.58. The molecule has 1 aliphatic heterocycles. The van der Waals surface area contributed by atoms with E-state index in [-0.39, 0.29) is 93.1 Å². The first kappa shape index (κ1) is 42.2. The molecule has 0 aliphatic carbocycles. The summed E-state index contributed by atoms with van der Waals surface area (Å²) in [4.78, 5) is 24.3. The van der Waals surface area contributed by atoms with E-state index in [0.717, 1.165) is 0 Å². The van der Waals surface area contributed by atoms with Gasteiger partial charge in [0.2, 0.25) is 11.5 Å². The Morgan fingerprint density at radius 1 is 0.695 bits per heavy atom. The van der Waals surface area contributed by atoms with Crippen molar-refractivity contribution < 1.29 is 76.6 Å². The largest absolute Gasteiger partial charge is 0.617 e. The number of ether oxygens (including phenoxy) is 8. The molecule has 1 saturated heterocycles. The molecule has 7 rings (SSSR count). The first-order chi connectivity index (χ1) is 28.3. The number of aromatic nitrogens is 4. The van der Waals surface area contributed by atoms with Gasteiger partial charge in [0.15, 0.2) is 17.3 Å². The van der Waals surface area contributed by atoms with E-state index in [2.05, 4.69) is 0 Å². The van der Waals surface area contributed by atoms with Crippen molar-refractivity contribution in [3.8, 4) is 23.0 Å². The topological polar surface area (TPSA) is 256 Å². The molecule has 0 bridgehead atoms. The van der Waals surface area contributed by atoms with Crippen molar-refractivity contribution >= 4 is 56.1 Å². The van der Waals surface area contributed by atoms with Crippen LogP contribution in [-0.2, 0) is 28.5 Å². The minimum Gasteiger partial charge on any atom is -0.617 e. The second-order valence-corrected chi connectivity index (χ2v) is 13.3. The van der Waals surface area contributed by atoms with E-state index >= 15 is 0 Å². The third kappa shape index (κ3) is 9.02. The summed E-state index contributed by atoms with van der Waals surface area (Å²) in [5.41, 5.74) is 0.113. The Hall–Kier alpha value is -6.42. The van der Waals surface area contributed by atoms with Gasteiger partial charge in [0, 0.05) is 24.3 Å². The van der Waals surface area contributed by atoms with Crippen molar-refractivity contribution in [2.75, 3.05) is 53.9 Å². The quantitative estimate of drug-likeness (QED) is 0.0539. The lowest BCUT2D eigenvalue weighted by Gasteiger charge is -2.16. The van der Waals surface area contributed by atoms with Crippen LogP contribution in [0.3, 0.4) is 0 Å². The van der Waals surface area contributed by atoms with Gasteiger partial charge in [0.05, 0.1) is 40.6 Å². The summed E-state index contributed by atoms with van der Waals surface area (Å²) in [6.07, 6.45) is -1.40. The highest BCUT2D eigenvalue weighted by atomic mass is 16.7. The monoisotopic (exact) mass is 820 g/mol. The van der Waals surface area contributed by atoms with Crippen LogP contribution in [0.25, 0.3) is 44.1 Å². The van der Waals surface area contributed by atoms with Crippen molar-refractivity contribution in [2.45, 2.75) is 31.8 Å². The molecule has 59 heavy (non-hydrogen) atoms. The molecule has 2 atom stereocenters. The molecule has 3 heterocycles. The van der Waals surface area contributed by atoms with Crippen molar-refractivity contribution in [3.63, 3.8) is 0 Å². The van der Waals surface area contributed by atoms with Crippen LogP contribution >= 0.6 is 0 Å². The molecule has 20 heteroatoms. The first-order valence-electron chi connectivity index (χ1n) is 17.9. The lowest BCUT2D eigenvalue weighted by atomic mass is 10.2. The number of para-hydroxylation sites is 4. The van der Waals surface area contributed by atoms with Crippen LogP contribution in [0.5, 0.6) is 23.0 Å². The summed E-state index contributed by atoms with van der Waals surface area (Å²) < 4.78 is 44.4. The number of fused-ring (bicyclic) bond motifs is 4. The van der Waals surface area contributed by atoms with Crippen LogP contribution < -0.4 is 37.9 Å². The zero-order valence-electron chi connectivity index (χ0n) is 32.2. The molecule has 20 nitrogen and oxygen atoms in total. The number of aliphatic hydroxyl groups is 2. The Labute approximate surface area is 334 Å². The Morgan fingerprint density at radius 3 is 1.46 bits per heavy atom. The maximum absolute atomic E-state index is 13.0. The minimum atomic E-state index is -1.12. The normalized spacial score (nSPS) is 15.2. The molecule has 0 radical (unpaired) electrons. The Balaban J connectivity index is 0.000000199. The van der Waals surface area contributed by atoms with E-state index in [1.165, 1.54) is 62.8 Å². The molecule has 0 saturated carbocycles. The molecule has 2 unspecified atom stereocenters. The van der Waals surface area contributed by atoms with Gasteiger partial charge < -0.3 is 68.9 Å². The lowest BCUT2D eigenvalue weighted by Crippen LogP contribution is -2.40. The molecule has 0 spiro atoms. The van der Waals surface area contributed by atoms with Crippen LogP contribution in [0.15, 0.2) is 72.8 Å². The number of esters is 2. The van der Waals surface area contributed by atoms with E-state index < -0.39 is 37.0 Å². The van der Waals surface area contributed by atoms with Crippen LogP contribution in [0.1, 0.15) is 13.8 Å². The van der Waals surface area contributed by atoms with Gasteiger partial charge in [-0.1, -0.05) is 24.3 Å². The molecule has 1 aliphatic rings. The maximum Gasteiger partial charge on any atom is 0.337 e. The zero-order valence-corrected chi connectivity index (χ0v) is 32.2. The molecule has 0 amide bonds. The van der Waals surface area contributed by atoms with Gasteiger partial charge in [0.25, 0.3) is 22.1 Å². The lowest BCUT2D eigenvalue weighted by molar-refractivity contribution is -0.591. The van der Waals surface area contributed by atoms with Gasteiger partial charge >= 0.3 is 34.0 Å². The number of rotatable bonds is 13. The van der Waals surface area contributed by atoms with E-state index in [4.69, 9.17) is 43.0 Å². The molecule has 312 valence electrons. The Bertz CT molecular complexity index is 2520. The molecular weight excluding hydrogens is 780 g/mol. The van der Waals surface area contributed by atoms with Crippen molar-refractivity contribution in [3.05, 3.63) is 93.6 Å². The van der Waals surface area contributed by atoms with Crippen molar-refractivity contribution in [1.29, 1.82) is 0 Å². The predicted molar refractivity (Wildman–Crippen MR) is 203 cm³/mol. The van der Waals surface area contributed by atoms with Crippen LogP contribution in [0.4, 0.5) is 0 Å². The molecule has 6 aromatic rings. The van der Waals surface area contributed by atoms with Gasteiger partial charge in [-0.3, -0.25) is 0 Å². The van der Waals surface area contributed by atoms with Gasteiger partial charge in [-0.15, -0.1) is 0 Å². The highest BCUT2D eigenvalue weighted by Gasteiger charge is 2.33. The van der Waals surface area contributed by atoms with E-state index in [9.17, 15) is 35.5 Å². The van der Waals surface area contributed by atoms with Crippen molar-refractivity contribution in [1.82, 2.24) is 0 Å². The fraction of sp³-hybridized carbons (Fsp3) is 0.333. The third-order valence-electron chi connectivity index (χ3n) is 8.82. The molecule has 1 fully saturated rings. The summed E-state index contributed by atoms with van der Waals surface area (Å²) in [6.45, 7) is 2.48. The number of benzene rings is 4. The van der Waals surface area contributed by atoms with Gasteiger partial charge in [0.1, 0.15) is 25.4 Å². The standard InChI is InChI=1S/C21H22N2O8.C18H18N2O8/c1-21(2)29-11-13(31-21)10-28-12-18(24)30-17-9-5-7-15-20(17)23(26)14-6-4-8-16(27-3)19(14)22(15)25;1-26-14-6-2-4-12-17(14)19(24)13-5-3-7-15(18(13)20(12)25)28-16(23)10-27-9-11(22)8-21/h4-9,13H,10-12H2,1-3H3;2-7,11,21-22H,8-10H2,1H3. The molecule has 2 aromatic heterocycles. The van der Waals surface area contributed by atoms with Crippen LogP contribution in [0, 0.1) is 20.8 Å². The number of methoxy groups -OCH3 is 2. The predicted octanol–water partition coefficient (Wildman–Crippen LogP) is 0.886. The third-order valence-corrected chi connectivity index (χ3v) is 8.82. The van der Waals surface area contributed by atoms with E-state index in [0.29, 0.717) is 25.5 Å². The minimum absolute atomic E-state index is 0.00563. The highest BCUT2D eigenvalue weighted by Crippen LogP contribution is 2.28. The average molecular weight is 821 g/mol. The van der Waals surface area contributed by atoms with Crippen LogP contribution in [-0.4, -0.2) is 94.0 Å². The number of carbonyl (C=O) groups is 2. The van der Waals surface area contributed by atoms with Gasteiger partial charge in [-0.2, -0.15) is 18.9 Å². The number of nitrogens with zero attached hydrogens (tertiary/aromatic N) is 4. The molecular formula is C39H40N4O16. The van der Waals surface area contributed by atoms with E-state index in [1.54, 1.807) is 38.1 Å². The van der Waals surface area contributed by atoms with E-state index in [1.807, 2.05) is 0 Å². The summed E-state index contributed by atoms with van der Waals surface area (Å²) in [7, 11) is 2.80.